The van der Waals surface area contributed by atoms with E-state index in [-0.39, 0.29) is 23.8 Å². The Morgan fingerprint density at radius 2 is 1.95 bits per heavy atom. The number of phenolic OH excluding ortho intramolecular Hbond substituents is 1. The van der Waals surface area contributed by atoms with Gasteiger partial charge in [-0.3, -0.25) is 4.79 Å². The average molecular weight is 289 g/mol. The Labute approximate surface area is 121 Å². The van der Waals surface area contributed by atoms with Gasteiger partial charge in [-0.2, -0.15) is 0 Å². The first-order valence-corrected chi connectivity index (χ1v) is 6.29. The van der Waals surface area contributed by atoms with Gasteiger partial charge in [-0.05, 0) is 43.7 Å². The van der Waals surface area contributed by atoms with E-state index in [1.807, 2.05) is 0 Å². The van der Waals surface area contributed by atoms with Gasteiger partial charge in [-0.25, -0.2) is 4.79 Å². The van der Waals surface area contributed by atoms with Gasteiger partial charge in [0.25, 0.3) is 5.91 Å². The van der Waals surface area contributed by atoms with Gasteiger partial charge in [0.15, 0.2) is 0 Å². The molecule has 0 aliphatic heterocycles. The Bertz CT molecular complexity index is 702. The molecule has 2 aromatic rings. The van der Waals surface area contributed by atoms with Gasteiger partial charge < -0.3 is 19.9 Å². The molecule has 0 aliphatic carbocycles. The second-order valence-corrected chi connectivity index (χ2v) is 4.67. The maximum atomic E-state index is 12.0. The lowest BCUT2D eigenvalue weighted by molar-refractivity contribution is 0.0694. The number of carboxylic acids is 1. The lowest BCUT2D eigenvalue weighted by Gasteiger charge is -2.05. The quantitative estimate of drug-likeness (QED) is 0.801. The highest BCUT2D eigenvalue weighted by Gasteiger charge is 2.14. The molecule has 0 fully saturated rings. The van der Waals surface area contributed by atoms with Crippen molar-refractivity contribution in [2.24, 2.45) is 0 Å². The maximum absolute atomic E-state index is 12.0. The first-order chi connectivity index (χ1) is 9.88. The Morgan fingerprint density at radius 3 is 2.52 bits per heavy atom. The van der Waals surface area contributed by atoms with Crippen LogP contribution >= 0.6 is 0 Å². The fourth-order valence-electron chi connectivity index (χ4n) is 1.91. The van der Waals surface area contributed by atoms with Crippen molar-refractivity contribution in [2.75, 3.05) is 0 Å². The fraction of sp³-hybridized carbons (Fsp3) is 0.200. The molecule has 0 spiro atoms. The number of aryl methyl sites for hydroxylation is 2. The minimum absolute atomic E-state index is 0.0831. The summed E-state index contributed by atoms with van der Waals surface area (Å²) in [4.78, 5) is 22.8. The molecule has 1 aromatic carbocycles. The van der Waals surface area contributed by atoms with Gasteiger partial charge in [-0.1, -0.05) is 0 Å². The molecule has 6 heteroatoms. The first-order valence-electron chi connectivity index (χ1n) is 6.29. The highest BCUT2D eigenvalue weighted by Crippen LogP contribution is 2.17. The van der Waals surface area contributed by atoms with Crippen LogP contribution in [0.3, 0.4) is 0 Å². The van der Waals surface area contributed by atoms with Crippen LogP contribution in [0.25, 0.3) is 0 Å². The van der Waals surface area contributed by atoms with E-state index in [0.29, 0.717) is 22.6 Å². The van der Waals surface area contributed by atoms with Crippen LogP contribution in [-0.4, -0.2) is 22.1 Å². The molecule has 2 rings (SSSR count). The number of furan rings is 1. The Kier molecular flexibility index (Phi) is 3.98. The van der Waals surface area contributed by atoms with E-state index in [1.165, 1.54) is 18.2 Å². The summed E-state index contributed by atoms with van der Waals surface area (Å²) in [7, 11) is 0. The molecule has 3 N–H and O–H groups in total. The van der Waals surface area contributed by atoms with Crippen molar-refractivity contribution in [2.45, 2.75) is 20.4 Å². The SMILES string of the molecule is Cc1cc(C(=O)NCc2cc(C(=O)O)c(C)o2)ccc1O. The normalized spacial score (nSPS) is 10.4. The number of rotatable bonds is 4. The molecule has 110 valence electrons. The number of aromatic hydroxyl groups is 1. The number of benzene rings is 1. The second-order valence-electron chi connectivity index (χ2n) is 4.67. The fourth-order valence-corrected chi connectivity index (χ4v) is 1.91. The zero-order valence-corrected chi connectivity index (χ0v) is 11.6. The zero-order valence-electron chi connectivity index (χ0n) is 11.6. The lowest BCUT2D eigenvalue weighted by Crippen LogP contribution is -2.22. The van der Waals surface area contributed by atoms with Crippen molar-refractivity contribution in [1.29, 1.82) is 0 Å². The number of amides is 1. The highest BCUT2D eigenvalue weighted by atomic mass is 16.4. The zero-order chi connectivity index (χ0) is 15.6. The Hall–Kier alpha value is -2.76. The lowest BCUT2D eigenvalue weighted by atomic mass is 10.1. The third-order valence-corrected chi connectivity index (χ3v) is 3.08. The minimum Gasteiger partial charge on any atom is -0.508 e. The summed E-state index contributed by atoms with van der Waals surface area (Å²) in [5.41, 5.74) is 1.09. The van der Waals surface area contributed by atoms with Crippen LogP contribution < -0.4 is 5.32 Å². The number of phenols is 1. The summed E-state index contributed by atoms with van der Waals surface area (Å²) >= 11 is 0. The molecule has 1 amide bonds. The summed E-state index contributed by atoms with van der Waals surface area (Å²) in [5, 5.41) is 21.0. The maximum Gasteiger partial charge on any atom is 0.339 e. The predicted molar refractivity (Wildman–Crippen MR) is 74.4 cm³/mol. The van der Waals surface area contributed by atoms with E-state index in [9.17, 15) is 14.7 Å². The summed E-state index contributed by atoms with van der Waals surface area (Å²) < 4.78 is 5.27. The average Bonchev–Trinajstić information content (AvgIpc) is 2.80. The molecule has 6 nitrogen and oxygen atoms in total. The number of carbonyl (C=O) groups excluding carboxylic acids is 1. The van der Waals surface area contributed by atoms with Crippen LogP contribution in [0.4, 0.5) is 0 Å². The van der Waals surface area contributed by atoms with Gasteiger partial charge in [0.05, 0.1) is 6.54 Å². The van der Waals surface area contributed by atoms with Crippen LogP contribution in [0.2, 0.25) is 0 Å². The second kappa shape index (κ2) is 5.70. The van der Waals surface area contributed by atoms with Crippen molar-refractivity contribution in [3.8, 4) is 5.75 Å². The monoisotopic (exact) mass is 289 g/mol. The van der Waals surface area contributed by atoms with Gasteiger partial charge in [-0.15, -0.1) is 0 Å². The standard InChI is InChI=1S/C15H15NO5/c1-8-5-10(3-4-13(8)17)14(18)16-7-11-6-12(15(19)20)9(2)21-11/h3-6,17H,7H2,1-2H3,(H,16,18)(H,19,20). The van der Waals surface area contributed by atoms with Crippen LogP contribution in [0, 0.1) is 13.8 Å². The molecule has 1 aromatic heterocycles. The molecule has 1 heterocycles. The molecule has 0 unspecified atom stereocenters. The summed E-state index contributed by atoms with van der Waals surface area (Å²) in [5.74, 6) is -0.604. The summed E-state index contributed by atoms with van der Waals surface area (Å²) in [6, 6.07) is 5.91. The van der Waals surface area contributed by atoms with Crippen LogP contribution in [0.5, 0.6) is 5.75 Å². The van der Waals surface area contributed by atoms with Crippen molar-refractivity contribution < 1.29 is 24.2 Å². The number of carboxylic acid groups (broad SMARTS) is 1. The van der Waals surface area contributed by atoms with E-state index < -0.39 is 5.97 Å². The topological polar surface area (TPSA) is 99.8 Å². The predicted octanol–water partition coefficient (Wildman–Crippen LogP) is 2.23. The molecule has 0 radical (unpaired) electrons. The molecule has 0 saturated carbocycles. The number of nitrogens with one attached hydrogen (secondary N) is 1. The number of aromatic carboxylic acids is 1. The van der Waals surface area contributed by atoms with Crippen LogP contribution in [-0.2, 0) is 6.54 Å². The number of hydrogen-bond acceptors (Lipinski definition) is 4. The third-order valence-electron chi connectivity index (χ3n) is 3.08. The molecule has 21 heavy (non-hydrogen) atoms. The number of carbonyl (C=O) groups is 2. The number of hydrogen-bond donors (Lipinski definition) is 3. The van der Waals surface area contributed by atoms with Gasteiger partial charge in [0, 0.05) is 5.56 Å². The van der Waals surface area contributed by atoms with Crippen molar-refractivity contribution in [3.05, 3.63) is 52.5 Å². The van der Waals surface area contributed by atoms with Gasteiger partial charge in [0.1, 0.15) is 22.8 Å². The largest absolute Gasteiger partial charge is 0.508 e. The molecule has 0 aliphatic rings. The summed E-state index contributed by atoms with van der Waals surface area (Å²) in [6.07, 6.45) is 0. The molecule has 0 saturated heterocycles. The van der Waals surface area contributed by atoms with Gasteiger partial charge >= 0.3 is 5.97 Å². The van der Waals surface area contributed by atoms with E-state index in [2.05, 4.69) is 5.32 Å². The van der Waals surface area contributed by atoms with Gasteiger partial charge in [0.2, 0.25) is 0 Å². The highest BCUT2D eigenvalue weighted by molar-refractivity contribution is 5.94. The first kappa shape index (κ1) is 14.6. The van der Waals surface area contributed by atoms with Crippen molar-refractivity contribution in [1.82, 2.24) is 5.32 Å². The smallest absolute Gasteiger partial charge is 0.339 e. The molecular formula is C15H15NO5. The van der Waals surface area contributed by atoms with Crippen molar-refractivity contribution in [3.63, 3.8) is 0 Å². The van der Waals surface area contributed by atoms with E-state index in [0.717, 1.165) is 0 Å². The van der Waals surface area contributed by atoms with E-state index in [4.69, 9.17) is 9.52 Å². The summed E-state index contributed by atoms with van der Waals surface area (Å²) in [6.45, 7) is 3.34. The molecule has 0 bridgehead atoms. The van der Waals surface area contributed by atoms with Crippen LogP contribution in [0.1, 0.15) is 37.8 Å². The third kappa shape index (κ3) is 3.22. The van der Waals surface area contributed by atoms with Crippen LogP contribution in [0.15, 0.2) is 28.7 Å². The van der Waals surface area contributed by atoms with E-state index >= 15 is 0 Å². The van der Waals surface area contributed by atoms with Crippen molar-refractivity contribution >= 4 is 11.9 Å². The Morgan fingerprint density at radius 1 is 1.24 bits per heavy atom. The Balaban J connectivity index is 2.05. The minimum atomic E-state index is -1.07. The molecular weight excluding hydrogens is 274 g/mol. The van der Waals surface area contributed by atoms with E-state index in [1.54, 1.807) is 19.9 Å². The molecule has 0 atom stereocenters.